The van der Waals surface area contributed by atoms with Crippen molar-refractivity contribution in [2.24, 2.45) is 11.3 Å². The number of piperidine rings is 1. The molecule has 1 saturated carbocycles. The second-order valence-corrected chi connectivity index (χ2v) is 8.44. The standard InChI is InChI=1S/C20H25N3O2S.ClH/c1-3-25-15-6-4-14(5-7-15)17-13(2)26-19(22-17)23-18(24)16-12-20(16)8-10-21-11-9-20;/h4-7,16,21H,3,8-12H2,1-2H3,(H,22,23,24);1H. The number of aryl methyl sites for hydroxylation is 1. The van der Waals surface area contributed by atoms with E-state index >= 15 is 0 Å². The summed E-state index contributed by atoms with van der Waals surface area (Å²) in [6, 6.07) is 7.95. The summed E-state index contributed by atoms with van der Waals surface area (Å²) in [7, 11) is 0. The number of carbonyl (C=O) groups excluding carboxylic acids is 1. The number of amides is 1. The first-order chi connectivity index (χ1) is 12.6. The Kier molecular flexibility index (Phi) is 6.08. The molecule has 1 aliphatic heterocycles. The number of thiazole rings is 1. The Bertz CT molecular complexity index is 800. The van der Waals surface area contributed by atoms with Gasteiger partial charge in [-0.25, -0.2) is 4.98 Å². The fraction of sp³-hybridized carbons (Fsp3) is 0.500. The number of nitrogens with zero attached hydrogens (tertiary/aromatic N) is 1. The molecule has 1 aromatic heterocycles. The van der Waals surface area contributed by atoms with E-state index in [1.807, 2.05) is 38.1 Å². The van der Waals surface area contributed by atoms with Crippen molar-refractivity contribution in [3.8, 4) is 17.0 Å². The number of hydrogen-bond donors (Lipinski definition) is 2. The number of aromatic nitrogens is 1. The van der Waals surface area contributed by atoms with Gasteiger partial charge in [0.1, 0.15) is 5.75 Å². The average Bonchev–Trinajstić information content (AvgIpc) is 3.21. The highest BCUT2D eigenvalue weighted by Crippen LogP contribution is 2.58. The van der Waals surface area contributed by atoms with E-state index in [2.05, 4.69) is 15.6 Å². The molecule has 2 aromatic rings. The quantitative estimate of drug-likeness (QED) is 0.776. The van der Waals surface area contributed by atoms with Crippen LogP contribution in [0, 0.1) is 18.3 Å². The summed E-state index contributed by atoms with van der Waals surface area (Å²) >= 11 is 1.55. The van der Waals surface area contributed by atoms with Crippen LogP contribution in [0.2, 0.25) is 0 Å². The Morgan fingerprint density at radius 1 is 1.33 bits per heavy atom. The van der Waals surface area contributed by atoms with Crippen LogP contribution in [0.25, 0.3) is 11.3 Å². The molecule has 2 aliphatic rings. The Morgan fingerprint density at radius 2 is 2.04 bits per heavy atom. The van der Waals surface area contributed by atoms with E-state index in [0.29, 0.717) is 11.7 Å². The van der Waals surface area contributed by atoms with Gasteiger partial charge in [-0.15, -0.1) is 23.7 Å². The van der Waals surface area contributed by atoms with Crippen molar-refractivity contribution in [3.63, 3.8) is 0 Å². The number of hydrogen-bond acceptors (Lipinski definition) is 5. The van der Waals surface area contributed by atoms with E-state index in [0.717, 1.165) is 54.2 Å². The summed E-state index contributed by atoms with van der Waals surface area (Å²) in [5.74, 6) is 1.15. The molecule has 0 bridgehead atoms. The number of anilines is 1. The lowest BCUT2D eigenvalue weighted by Crippen LogP contribution is -2.31. The van der Waals surface area contributed by atoms with E-state index in [-0.39, 0.29) is 29.6 Å². The van der Waals surface area contributed by atoms with Gasteiger partial charge in [-0.2, -0.15) is 0 Å². The topological polar surface area (TPSA) is 63.2 Å². The summed E-state index contributed by atoms with van der Waals surface area (Å²) in [6.07, 6.45) is 3.25. The van der Waals surface area contributed by atoms with Gasteiger partial charge in [-0.3, -0.25) is 4.79 Å². The van der Waals surface area contributed by atoms with Crippen molar-refractivity contribution in [1.82, 2.24) is 10.3 Å². The number of carbonyl (C=O) groups is 1. The molecule has 1 atom stereocenters. The first-order valence-corrected chi connectivity index (χ1v) is 10.2. The minimum Gasteiger partial charge on any atom is -0.494 e. The van der Waals surface area contributed by atoms with Crippen molar-refractivity contribution in [2.75, 3.05) is 25.0 Å². The smallest absolute Gasteiger partial charge is 0.229 e. The third-order valence-corrected chi connectivity index (χ3v) is 6.46. The van der Waals surface area contributed by atoms with Crippen LogP contribution in [0.4, 0.5) is 5.13 Å². The minimum atomic E-state index is 0. The molecule has 146 valence electrons. The molecule has 1 amide bonds. The predicted octanol–water partition coefficient (Wildman–Crippen LogP) is 4.27. The summed E-state index contributed by atoms with van der Waals surface area (Å²) in [5, 5.41) is 7.14. The van der Waals surface area contributed by atoms with E-state index in [4.69, 9.17) is 4.74 Å². The van der Waals surface area contributed by atoms with Crippen LogP contribution in [0.3, 0.4) is 0 Å². The van der Waals surface area contributed by atoms with Crippen LogP contribution >= 0.6 is 23.7 Å². The molecular formula is C20H26ClN3O2S. The zero-order valence-corrected chi connectivity index (χ0v) is 17.3. The van der Waals surface area contributed by atoms with Crippen LogP contribution in [-0.2, 0) is 4.79 Å². The summed E-state index contributed by atoms with van der Waals surface area (Å²) in [4.78, 5) is 18.4. The molecule has 7 heteroatoms. The molecule has 1 unspecified atom stereocenters. The molecule has 2 fully saturated rings. The van der Waals surface area contributed by atoms with Crippen molar-refractivity contribution in [3.05, 3.63) is 29.1 Å². The Hall–Kier alpha value is -1.63. The van der Waals surface area contributed by atoms with E-state index in [9.17, 15) is 4.79 Å². The molecule has 4 rings (SSSR count). The zero-order chi connectivity index (χ0) is 18.1. The summed E-state index contributed by atoms with van der Waals surface area (Å²) in [6.45, 7) is 6.74. The van der Waals surface area contributed by atoms with Gasteiger partial charge in [-0.05, 0) is 75.9 Å². The fourth-order valence-electron chi connectivity index (χ4n) is 3.98. The maximum Gasteiger partial charge on any atom is 0.229 e. The first kappa shape index (κ1) is 20.1. The molecular weight excluding hydrogens is 382 g/mol. The highest BCUT2D eigenvalue weighted by molar-refractivity contribution is 7.16. The van der Waals surface area contributed by atoms with Gasteiger partial charge in [0.15, 0.2) is 5.13 Å². The monoisotopic (exact) mass is 407 g/mol. The lowest BCUT2D eigenvalue weighted by molar-refractivity contribution is -0.118. The highest BCUT2D eigenvalue weighted by Gasteiger charge is 2.57. The van der Waals surface area contributed by atoms with E-state index < -0.39 is 0 Å². The van der Waals surface area contributed by atoms with Gasteiger partial charge >= 0.3 is 0 Å². The Morgan fingerprint density at radius 3 is 2.70 bits per heavy atom. The molecule has 1 spiro atoms. The van der Waals surface area contributed by atoms with Crippen LogP contribution < -0.4 is 15.4 Å². The third-order valence-electron chi connectivity index (χ3n) is 5.57. The lowest BCUT2D eigenvalue weighted by atomic mass is 9.92. The largest absolute Gasteiger partial charge is 0.494 e. The van der Waals surface area contributed by atoms with Crippen molar-refractivity contribution in [2.45, 2.75) is 33.1 Å². The fourth-order valence-corrected chi connectivity index (χ4v) is 4.82. The van der Waals surface area contributed by atoms with Gasteiger partial charge in [-0.1, -0.05) is 0 Å². The molecule has 27 heavy (non-hydrogen) atoms. The molecule has 2 heterocycles. The van der Waals surface area contributed by atoms with Crippen molar-refractivity contribution >= 4 is 34.8 Å². The van der Waals surface area contributed by atoms with Gasteiger partial charge in [0.25, 0.3) is 0 Å². The Balaban J connectivity index is 0.00000210. The van der Waals surface area contributed by atoms with Crippen molar-refractivity contribution in [1.29, 1.82) is 0 Å². The summed E-state index contributed by atoms with van der Waals surface area (Å²) in [5.41, 5.74) is 2.23. The predicted molar refractivity (Wildman–Crippen MR) is 112 cm³/mol. The molecule has 1 saturated heterocycles. The SMILES string of the molecule is CCOc1ccc(-c2nc(NC(=O)C3CC34CCNCC4)sc2C)cc1.Cl. The number of rotatable bonds is 5. The zero-order valence-electron chi connectivity index (χ0n) is 15.7. The van der Waals surface area contributed by atoms with Gasteiger partial charge in [0.2, 0.25) is 5.91 Å². The number of halogens is 1. The third kappa shape index (κ3) is 4.13. The second kappa shape index (κ2) is 8.17. The minimum absolute atomic E-state index is 0. The average molecular weight is 408 g/mol. The first-order valence-electron chi connectivity index (χ1n) is 9.33. The Labute approximate surface area is 170 Å². The maximum atomic E-state index is 12.6. The highest BCUT2D eigenvalue weighted by atomic mass is 35.5. The van der Waals surface area contributed by atoms with Gasteiger partial charge in [0, 0.05) is 16.4 Å². The van der Waals surface area contributed by atoms with Crippen LogP contribution in [0.15, 0.2) is 24.3 Å². The molecule has 0 radical (unpaired) electrons. The number of nitrogens with one attached hydrogen (secondary N) is 2. The molecule has 5 nitrogen and oxygen atoms in total. The normalized spacial score (nSPS) is 20.0. The van der Waals surface area contributed by atoms with E-state index in [1.165, 1.54) is 0 Å². The van der Waals surface area contributed by atoms with Gasteiger partial charge < -0.3 is 15.4 Å². The number of ether oxygens (including phenoxy) is 1. The molecule has 1 aromatic carbocycles. The van der Waals surface area contributed by atoms with Gasteiger partial charge in [0.05, 0.1) is 12.3 Å². The molecule has 1 aliphatic carbocycles. The van der Waals surface area contributed by atoms with E-state index in [1.54, 1.807) is 11.3 Å². The summed E-state index contributed by atoms with van der Waals surface area (Å²) < 4.78 is 5.49. The molecule has 2 N–H and O–H groups in total. The van der Waals surface area contributed by atoms with Crippen molar-refractivity contribution < 1.29 is 9.53 Å². The van der Waals surface area contributed by atoms with Crippen LogP contribution in [0.5, 0.6) is 5.75 Å². The van der Waals surface area contributed by atoms with Crippen LogP contribution in [-0.4, -0.2) is 30.6 Å². The lowest BCUT2D eigenvalue weighted by Gasteiger charge is -2.22. The second-order valence-electron chi connectivity index (χ2n) is 7.24. The van der Waals surface area contributed by atoms with Crippen LogP contribution in [0.1, 0.15) is 31.1 Å². The maximum absolute atomic E-state index is 12.6. The number of benzene rings is 1.